The molecule has 0 bridgehead atoms. The van der Waals surface area contributed by atoms with Gasteiger partial charge in [-0.1, -0.05) is 43.7 Å². The van der Waals surface area contributed by atoms with Crippen molar-refractivity contribution in [3.8, 4) is 11.5 Å². The lowest BCUT2D eigenvalue weighted by molar-refractivity contribution is -0.140. The highest BCUT2D eigenvalue weighted by Gasteiger charge is 2.33. The highest BCUT2D eigenvalue weighted by Crippen LogP contribution is 2.35. The molecule has 3 rings (SSSR count). The quantitative estimate of drug-likeness (QED) is 0.437. The number of nitrogens with one attached hydrogen (secondary N) is 1. The summed E-state index contributed by atoms with van der Waals surface area (Å²) in [7, 11) is -3.83. The maximum Gasteiger partial charge on any atom is 0.244 e. The van der Waals surface area contributed by atoms with Crippen LogP contribution in [-0.4, -0.2) is 62.7 Å². The van der Waals surface area contributed by atoms with Gasteiger partial charge in [0.2, 0.25) is 21.8 Å². The Balaban J connectivity index is 1.98. The van der Waals surface area contributed by atoms with Crippen molar-refractivity contribution in [2.24, 2.45) is 0 Å². The fourth-order valence-electron chi connectivity index (χ4n) is 4.27. The molecule has 1 aliphatic heterocycles. The van der Waals surface area contributed by atoms with Gasteiger partial charge in [0.1, 0.15) is 25.8 Å². The van der Waals surface area contributed by atoms with Gasteiger partial charge in [0.15, 0.2) is 11.5 Å². The van der Waals surface area contributed by atoms with E-state index < -0.39 is 28.5 Å². The number of hydrogen-bond acceptors (Lipinski definition) is 6. The van der Waals surface area contributed by atoms with Crippen LogP contribution >= 0.6 is 0 Å². The van der Waals surface area contributed by atoms with E-state index in [0.29, 0.717) is 36.8 Å². The highest BCUT2D eigenvalue weighted by molar-refractivity contribution is 7.92. The van der Waals surface area contributed by atoms with Crippen molar-refractivity contribution < 1.29 is 27.5 Å². The smallest absolute Gasteiger partial charge is 0.244 e. The van der Waals surface area contributed by atoms with Gasteiger partial charge in [-0.2, -0.15) is 0 Å². The van der Waals surface area contributed by atoms with Gasteiger partial charge in [-0.25, -0.2) is 8.42 Å². The molecule has 38 heavy (non-hydrogen) atoms. The first-order valence-corrected chi connectivity index (χ1v) is 14.8. The van der Waals surface area contributed by atoms with E-state index in [1.165, 1.54) is 11.8 Å². The zero-order chi connectivity index (χ0) is 27.9. The molecule has 0 aromatic heterocycles. The summed E-state index contributed by atoms with van der Waals surface area (Å²) >= 11 is 0. The van der Waals surface area contributed by atoms with Crippen molar-refractivity contribution in [3.63, 3.8) is 0 Å². The normalized spacial score (nSPS) is 14.3. The van der Waals surface area contributed by atoms with Crippen molar-refractivity contribution in [1.29, 1.82) is 0 Å². The van der Waals surface area contributed by atoms with Crippen LogP contribution in [0.5, 0.6) is 11.5 Å². The Kier molecular flexibility index (Phi) is 10.0. The molecule has 0 saturated carbocycles. The van der Waals surface area contributed by atoms with Gasteiger partial charge >= 0.3 is 0 Å². The number of anilines is 1. The second-order valence-electron chi connectivity index (χ2n) is 9.49. The van der Waals surface area contributed by atoms with Crippen molar-refractivity contribution in [2.75, 3.05) is 29.8 Å². The van der Waals surface area contributed by atoms with Crippen LogP contribution in [0, 0.1) is 6.92 Å². The molecule has 2 atom stereocenters. The number of sulfonamides is 1. The molecule has 0 radical (unpaired) electrons. The first-order valence-electron chi connectivity index (χ1n) is 13.1. The number of aryl methyl sites for hydroxylation is 1. The molecule has 1 heterocycles. The molecule has 0 fully saturated rings. The van der Waals surface area contributed by atoms with Crippen molar-refractivity contribution in [1.82, 2.24) is 10.2 Å². The van der Waals surface area contributed by atoms with E-state index in [0.717, 1.165) is 21.9 Å². The number of ether oxygens (including phenoxy) is 2. The number of nitrogens with zero attached hydrogens (tertiary/aromatic N) is 2. The molecular weight excluding hydrogens is 506 g/mol. The van der Waals surface area contributed by atoms with E-state index in [1.54, 1.807) is 18.2 Å². The van der Waals surface area contributed by atoms with Gasteiger partial charge < -0.3 is 19.7 Å². The summed E-state index contributed by atoms with van der Waals surface area (Å²) in [5, 5.41) is 2.98. The Morgan fingerprint density at radius 1 is 1.00 bits per heavy atom. The third-order valence-corrected chi connectivity index (χ3v) is 8.36. The number of carbonyl (C=O) groups excluding carboxylic acids is 2. The number of carbonyl (C=O) groups is 2. The summed E-state index contributed by atoms with van der Waals surface area (Å²) < 4.78 is 38.7. The number of rotatable bonds is 12. The average Bonchev–Trinajstić information content (AvgIpc) is 2.91. The summed E-state index contributed by atoms with van der Waals surface area (Å²) in [5.74, 6) is 0.0253. The molecular formula is C28H39N3O6S. The molecule has 0 spiro atoms. The molecule has 9 nitrogen and oxygen atoms in total. The topological polar surface area (TPSA) is 105 Å². The summed E-state index contributed by atoms with van der Waals surface area (Å²) in [6.07, 6.45) is 1.13. The third-order valence-electron chi connectivity index (χ3n) is 6.62. The summed E-state index contributed by atoms with van der Waals surface area (Å²) in [6.45, 7) is 9.71. The van der Waals surface area contributed by atoms with Crippen molar-refractivity contribution in [2.45, 2.75) is 66.1 Å². The highest BCUT2D eigenvalue weighted by atomic mass is 32.2. The number of benzene rings is 2. The van der Waals surface area contributed by atoms with Crippen LogP contribution in [0.3, 0.4) is 0 Å². The van der Waals surface area contributed by atoms with Crippen LogP contribution in [0.2, 0.25) is 0 Å². The molecule has 2 amide bonds. The molecule has 208 valence electrons. The Bertz CT molecular complexity index is 1230. The van der Waals surface area contributed by atoms with Gasteiger partial charge in [0, 0.05) is 18.7 Å². The van der Waals surface area contributed by atoms with Crippen LogP contribution < -0.4 is 19.1 Å². The minimum atomic E-state index is -3.83. The van der Waals surface area contributed by atoms with E-state index in [2.05, 4.69) is 5.32 Å². The molecule has 2 unspecified atom stereocenters. The summed E-state index contributed by atoms with van der Waals surface area (Å²) in [6, 6.07) is 11.7. The Hall–Kier alpha value is -3.27. The lowest BCUT2D eigenvalue weighted by atomic mass is 10.1. The standard InChI is InChI=1S/C28H39N3O6S/c1-6-21(5)29-28(33)24(7-2)30(18-22-11-9-10-20(4)16-22)27(32)19-31(38(34,35)8-3)23-12-13-25-26(17-23)37-15-14-36-25/h9-13,16-17,21,24H,6-8,14-15,18-19H2,1-5H3,(H,29,33). The molecule has 1 aliphatic rings. The lowest BCUT2D eigenvalue weighted by Gasteiger charge is -2.34. The van der Waals surface area contributed by atoms with Gasteiger partial charge in [-0.05, 0) is 51.3 Å². The predicted molar refractivity (Wildman–Crippen MR) is 148 cm³/mol. The molecule has 2 aromatic carbocycles. The molecule has 1 N–H and O–H groups in total. The van der Waals surface area contributed by atoms with E-state index in [4.69, 9.17) is 9.47 Å². The molecule has 2 aromatic rings. The van der Waals surface area contributed by atoms with Crippen molar-refractivity contribution >= 4 is 27.5 Å². The minimum Gasteiger partial charge on any atom is -0.486 e. The SMILES string of the molecule is CCC(C)NC(=O)C(CC)N(Cc1cccc(C)c1)C(=O)CN(c1ccc2c(c1)OCCO2)S(=O)(=O)CC. The average molecular weight is 546 g/mol. The van der Waals surface area contributed by atoms with Gasteiger partial charge in [-0.15, -0.1) is 0 Å². The summed E-state index contributed by atoms with van der Waals surface area (Å²) in [5.41, 5.74) is 2.19. The second-order valence-corrected chi connectivity index (χ2v) is 11.7. The Morgan fingerprint density at radius 3 is 2.34 bits per heavy atom. The van der Waals surface area contributed by atoms with E-state index >= 15 is 0 Å². The minimum absolute atomic E-state index is 0.0536. The van der Waals surface area contributed by atoms with Gasteiger partial charge in [-0.3, -0.25) is 13.9 Å². The number of hydrogen-bond donors (Lipinski definition) is 1. The van der Waals surface area contributed by atoms with Crippen LogP contribution in [0.1, 0.15) is 51.7 Å². The zero-order valence-electron chi connectivity index (χ0n) is 22.9. The summed E-state index contributed by atoms with van der Waals surface area (Å²) in [4.78, 5) is 28.6. The molecule has 0 aliphatic carbocycles. The van der Waals surface area contributed by atoms with Gasteiger partial charge in [0.25, 0.3) is 0 Å². The van der Waals surface area contributed by atoms with E-state index in [9.17, 15) is 18.0 Å². The number of fused-ring (bicyclic) bond motifs is 1. The van der Waals surface area contributed by atoms with Crippen LogP contribution in [0.15, 0.2) is 42.5 Å². The van der Waals surface area contributed by atoms with Crippen LogP contribution in [0.25, 0.3) is 0 Å². The first kappa shape index (κ1) is 29.3. The maximum absolute atomic E-state index is 13.9. The van der Waals surface area contributed by atoms with Crippen LogP contribution in [0.4, 0.5) is 5.69 Å². The molecule has 0 saturated heterocycles. The van der Waals surface area contributed by atoms with E-state index in [-0.39, 0.29) is 24.2 Å². The second kappa shape index (κ2) is 13.0. The van der Waals surface area contributed by atoms with Crippen molar-refractivity contribution in [3.05, 3.63) is 53.6 Å². The van der Waals surface area contributed by atoms with Crippen LogP contribution in [-0.2, 0) is 26.2 Å². The maximum atomic E-state index is 13.9. The Labute approximate surface area is 226 Å². The first-order chi connectivity index (χ1) is 18.1. The molecule has 10 heteroatoms. The fraction of sp³-hybridized carbons (Fsp3) is 0.500. The number of amides is 2. The third kappa shape index (κ3) is 7.18. The lowest BCUT2D eigenvalue weighted by Crippen LogP contribution is -2.53. The zero-order valence-corrected chi connectivity index (χ0v) is 23.7. The Morgan fingerprint density at radius 2 is 1.71 bits per heavy atom. The fourth-order valence-corrected chi connectivity index (χ4v) is 5.33. The van der Waals surface area contributed by atoms with Gasteiger partial charge in [0.05, 0.1) is 11.4 Å². The largest absolute Gasteiger partial charge is 0.486 e. The predicted octanol–water partition coefficient (Wildman–Crippen LogP) is 3.64. The van der Waals surface area contributed by atoms with E-state index in [1.807, 2.05) is 52.0 Å². The monoisotopic (exact) mass is 545 g/mol.